The normalized spacial score (nSPS) is 14.8. The van der Waals surface area contributed by atoms with Crippen LogP contribution in [0.25, 0.3) is 0 Å². The second-order valence-electron chi connectivity index (χ2n) is 6.62. The summed E-state index contributed by atoms with van der Waals surface area (Å²) < 4.78 is 0. The van der Waals surface area contributed by atoms with Crippen molar-refractivity contribution in [1.82, 2.24) is 24.8 Å². The van der Waals surface area contributed by atoms with Crippen molar-refractivity contribution in [3.05, 3.63) is 70.7 Å². The van der Waals surface area contributed by atoms with E-state index in [1.54, 1.807) is 6.07 Å². The molecule has 0 unspecified atom stereocenters. The van der Waals surface area contributed by atoms with Gasteiger partial charge in [0, 0.05) is 45.0 Å². The van der Waals surface area contributed by atoms with Crippen LogP contribution >= 0.6 is 0 Å². The maximum absolute atomic E-state index is 12.1. The van der Waals surface area contributed by atoms with E-state index in [2.05, 4.69) is 59.3 Å². The summed E-state index contributed by atoms with van der Waals surface area (Å²) in [5, 5.41) is 2.68. The van der Waals surface area contributed by atoms with Crippen molar-refractivity contribution >= 4 is 17.5 Å². The molecule has 1 saturated heterocycles. The molecular formula is C19H21N7O2. The number of hydrogen-bond donors (Lipinski definition) is 3. The number of imidazole rings is 1. The van der Waals surface area contributed by atoms with Crippen LogP contribution in [-0.2, 0) is 6.54 Å². The van der Waals surface area contributed by atoms with E-state index in [1.165, 1.54) is 18.1 Å². The van der Waals surface area contributed by atoms with Gasteiger partial charge in [-0.2, -0.15) is 0 Å². The predicted molar refractivity (Wildman–Crippen MR) is 105 cm³/mol. The number of amides is 1. The van der Waals surface area contributed by atoms with Crippen LogP contribution < -0.4 is 15.9 Å². The van der Waals surface area contributed by atoms with Gasteiger partial charge in [0.15, 0.2) is 0 Å². The monoisotopic (exact) mass is 379 g/mol. The van der Waals surface area contributed by atoms with Crippen LogP contribution in [0.2, 0.25) is 0 Å². The molecule has 28 heavy (non-hydrogen) atoms. The van der Waals surface area contributed by atoms with Crippen LogP contribution in [0.4, 0.5) is 11.6 Å². The summed E-state index contributed by atoms with van der Waals surface area (Å²) in [5.41, 5.74) is 1.03. The number of benzene rings is 1. The zero-order valence-corrected chi connectivity index (χ0v) is 15.3. The van der Waals surface area contributed by atoms with Crippen molar-refractivity contribution in [1.29, 1.82) is 0 Å². The number of hydrogen-bond acceptors (Lipinski definition) is 6. The van der Waals surface area contributed by atoms with E-state index < -0.39 is 11.6 Å². The minimum Gasteiger partial charge on any atom is -0.354 e. The number of piperazine rings is 1. The van der Waals surface area contributed by atoms with Gasteiger partial charge in [0.2, 0.25) is 0 Å². The summed E-state index contributed by atoms with van der Waals surface area (Å²) in [7, 11) is 0. The van der Waals surface area contributed by atoms with Gasteiger partial charge in [0.1, 0.15) is 23.7 Å². The average molecular weight is 379 g/mol. The highest BCUT2D eigenvalue weighted by Crippen LogP contribution is 2.17. The summed E-state index contributed by atoms with van der Waals surface area (Å²) >= 11 is 0. The Bertz CT molecular complexity index is 991. The van der Waals surface area contributed by atoms with E-state index in [4.69, 9.17) is 0 Å². The number of rotatable bonds is 5. The lowest BCUT2D eigenvalue weighted by Crippen LogP contribution is -2.46. The number of nitrogens with zero attached hydrogens (tertiary/aromatic N) is 4. The Morgan fingerprint density at radius 1 is 1.11 bits per heavy atom. The van der Waals surface area contributed by atoms with Crippen LogP contribution in [0, 0.1) is 0 Å². The SMILES string of the molecule is O=C(Nc1cc(N2CCN(Cc3ccccc3)CC2)ncn1)c1c[nH]c(=O)[nH]1. The molecule has 0 bridgehead atoms. The van der Waals surface area contributed by atoms with Gasteiger partial charge in [-0.15, -0.1) is 0 Å². The summed E-state index contributed by atoms with van der Waals surface area (Å²) in [6.45, 7) is 4.51. The van der Waals surface area contributed by atoms with Gasteiger partial charge in [-0.25, -0.2) is 14.8 Å². The third kappa shape index (κ3) is 4.26. The van der Waals surface area contributed by atoms with Crippen LogP contribution in [0.3, 0.4) is 0 Å². The van der Waals surface area contributed by atoms with Crippen molar-refractivity contribution < 1.29 is 4.79 Å². The molecular weight excluding hydrogens is 358 g/mol. The quantitative estimate of drug-likeness (QED) is 0.612. The minimum atomic E-state index is -0.435. The van der Waals surface area contributed by atoms with E-state index in [0.717, 1.165) is 38.5 Å². The average Bonchev–Trinajstić information content (AvgIpc) is 3.16. The number of aromatic nitrogens is 4. The number of aromatic amines is 2. The van der Waals surface area contributed by atoms with Gasteiger partial charge in [0.05, 0.1) is 0 Å². The molecule has 1 aliphatic rings. The standard InChI is InChI=1S/C19H21N7O2/c27-18(15-11-20-19(28)23-15)24-16-10-17(22-13-21-16)26-8-6-25(7-9-26)12-14-4-2-1-3-5-14/h1-5,10-11,13H,6-9,12H2,(H2,20,23,28)(H,21,22,24,27). The molecule has 1 fully saturated rings. The highest BCUT2D eigenvalue weighted by Gasteiger charge is 2.19. The highest BCUT2D eigenvalue weighted by molar-refractivity contribution is 6.02. The molecule has 1 aromatic carbocycles. The topological polar surface area (TPSA) is 110 Å². The molecule has 0 spiro atoms. The van der Waals surface area contributed by atoms with Gasteiger partial charge in [0.25, 0.3) is 5.91 Å². The molecule has 3 heterocycles. The summed E-state index contributed by atoms with van der Waals surface area (Å²) in [4.78, 5) is 41.1. The van der Waals surface area contributed by atoms with Crippen molar-refractivity contribution in [3.8, 4) is 0 Å². The molecule has 144 valence electrons. The summed E-state index contributed by atoms with van der Waals surface area (Å²) in [6, 6.07) is 12.2. The largest absolute Gasteiger partial charge is 0.354 e. The van der Waals surface area contributed by atoms with E-state index in [9.17, 15) is 9.59 Å². The first-order chi connectivity index (χ1) is 13.7. The summed E-state index contributed by atoms with van der Waals surface area (Å²) in [6.07, 6.45) is 2.76. The van der Waals surface area contributed by atoms with E-state index in [-0.39, 0.29) is 5.69 Å². The van der Waals surface area contributed by atoms with Crippen molar-refractivity contribution in [2.45, 2.75) is 6.54 Å². The fourth-order valence-corrected chi connectivity index (χ4v) is 3.20. The molecule has 0 aliphatic carbocycles. The molecule has 0 saturated carbocycles. The Kier molecular flexibility index (Phi) is 5.16. The zero-order valence-electron chi connectivity index (χ0n) is 15.3. The summed E-state index contributed by atoms with van der Waals surface area (Å²) in [5.74, 6) is 0.728. The highest BCUT2D eigenvalue weighted by atomic mass is 16.2. The smallest absolute Gasteiger partial charge is 0.323 e. The fraction of sp³-hybridized carbons (Fsp3) is 0.263. The second kappa shape index (κ2) is 8.05. The maximum atomic E-state index is 12.1. The number of anilines is 2. The molecule has 0 radical (unpaired) electrons. The third-order valence-corrected chi connectivity index (χ3v) is 4.68. The molecule has 4 rings (SSSR count). The van der Waals surface area contributed by atoms with Crippen LogP contribution in [0.15, 0.2) is 53.7 Å². The van der Waals surface area contributed by atoms with Crippen LogP contribution in [-0.4, -0.2) is 56.9 Å². The van der Waals surface area contributed by atoms with Crippen molar-refractivity contribution in [3.63, 3.8) is 0 Å². The first kappa shape index (κ1) is 17.9. The minimum absolute atomic E-state index is 0.152. The number of H-pyrrole nitrogens is 2. The number of carbonyl (C=O) groups is 1. The van der Waals surface area contributed by atoms with Gasteiger partial charge in [-0.3, -0.25) is 9.69 Å². The Balaban J connectivity index is 1.36. The first-order valence-electron chi connectivity index (χ1n) is 9.10. The molecule has 3 N–H and O–H groups in total. The number of nitrogens with one attached hydrogen (secondary N) is 3. The lowest BCUT2D eigenvalue weighted by Gasteiger charge is -2.35. The Morgan fingerprint density at radius 3 is 2.61 bits per heavy atom. The molecule has 1 aliphatic heterocycles. The van der Waals surface area contributed by atoms with E-state index in [0.29, 0.717) is 5.82 Å². The number of carbonyl (C=O) groups excluding carboxylic acids is 1. The van der Waals surface area contributed by atoms with Crippen molar-refractivity contribution in [2.75, 3.05) is 36.4 Å². The van der Waals surface area contributed by atoms with E-state index in [1.807, 2.05) is 6.07 Å². The van der Waals surface area contributed by atoms with Crippen molar-refractivity contribution in [2.24, 2.45) is 0 Å². The molecule has 9 nitrogen and oxygen atoms in total. The third-order valence-electron chi connectivity index (χ3n) is 4.68. The molecule has 1 amide bonds. The maximum Gasteiger partial charge on any atom is 0.323 e. The molecule has 9 heteroatoms. The van der Waals surface area contributed by atoms with Crippen LogP contribution in [0.1, 0.15) is 16.1 Å². The van der Waals surface area contributed by atoms with Crippen LogP contribution in [0.5, 0.6) is 0 Å². The zero-order chi connectivity index (χ0) is 19.3. The molecule has 0 atom stereocenters. The van der Waals surface area contributed by atoms with Gasteiger partial charge in [-0.1, -0.05) is 30.3 Å². The van der Waals surface area contributed by atoms with Gasteiger partial charge in [-0.05, 0) is 5.56 Å². The van der Waals surface area contributed by atoms with Gasteiger partial charge >= 0.3 is 5.69 Å². The fourth-order valence-electron chi connectivity index (χ4n) is 3.20. The Hall–Kier alpha value is -3.46. The van der Waals surface area contributed by atoms with E-state index >= 15 is 0 Å². The molecule has 2 aromatic heterocycles. The molecule has 3 aromatic rings. The second-order valence-corrected chi connectivity index (χ2v) is 6.62. The Morgan fingerprint density at radius 2 is 1.89 bits per heavy atom. The lowest BCUT2D eigenvalue weighted by atomic mass is 10.2. The van der Waals surface area contributed by atoms with Gasteiger partial charge < -0.3 is 20.2 Å². The first-order valence-corrected chi connectivity index (χ1v) is 9.10. The lowest BCUT2D eigenvalue weighted by molar-refractivity contribution is 0.102. The predicted octanol–water partition coefficient (Wildman–Crippen LogP) is 1.07. The Labute approximate surface area is 161 Å².